The van der Waals surface area contributed by atoms with Crippen molar-refractivity contribution in [2.75, 3.05) is 0 Å². The van der Waals surface area contributed by atoms with Gasteiger partial charge in [-0.15, -0.1) is 0 Å². The minimum atomic E-state index is 1.01. The molecule has 0 spiro atoms. The molecule has 0 atom stereocenters. The molecular formula is C22H20. The van der Waals surface area contributed by atoms with Gasteiger partial charge in [0.25, 0.3) is 0 Å². The van der Waals surface area contributed by atoms with Crippen LogP contribution < -0.4 is 0 Å². The highest BCUT2D eigenvalue weighted by Crippen LogP contribution is 2.37. The van der Waals surface area contributed by atoms with E-state index in [0.717, 1.165) is 12.8 Å². The van der Waals surface area contributed by atoms with Gasteiger partial charge in [-0.25, -0.2) is 0 Å². The average molecular weight is 284 g/mol. The van der Waals surface area contributed by atoms with Crippen molar-refractivity contribution in [3.8, 4) is 11.1 Å². The van der Waals surface area contributed by atoms with Gasteiger partial charge in [0, 0.05) is 0 Å². The summed E-state index contributed by atoms with van der Waals surface area (Å²) in [7, 11) is 0. The molecule has 0 heterocycles. The Hall–Kier alpha value is -2.34. The van der Waals surface area contributed by atoms with Crippen LogP contribution in [0.2, 0.25) is 0 Å². The Kier molecular flexibility index (Phi) is 3.11. The van der Waals surface area contributed by atoms with E-state index in [1.165, 1.54) is 44.5 Å². The first kappa shape index (κ1) is 13.3. The monoisotopic (exact) mass is 284 g/mol. The molecule has 0 nitrogen and oxygen atoms in total. The number of rotatable bonds is 2. The van der Waals surface area contributed by atoms with E-state index in [4.69, 9.17) is 0 Å². The molecule has 0 unspecified atom stereocenters. The number of aryl methyl sites for hydroxylation is 2. The zero-order valence-corrected chi connectivity index (χ0v) is 13.2. The summed E-state index contributed by atoms with van der Waals surface area (Å²) in [6.45, 7) is 4.35. The molecule has 22 heavy (non-hydrogen) atoms. The van der Waals surface area contributed by atoms with Crippen molar-refractivity contribution in [2.45, 2.75) is 26.7 Å². The molecule has 0 fully saturated rings. The van der Waals surface area contributed by atoms with Gasteiger partial charge in [-0.2, -0.15) is 0 Å². The van der Waals surface area contributed by atoms with Crippen molar-refractivity contribution in [3.05, 3.63) is 94.0 Å². The third-order valence-corrected chi connectivity index (χ3v) is 4.55. The highest BCUT2D eigenvalue weighted by molar-refractivity contribution is 5.77. The van der Waals surface area contributed by atoms with Crippen molar-refractivity contribution in [2.24, 2.45) is 0 Å². The predicted octanol–water partition coefficient (Wildman–Crippen LogP) is 5.47. The Morgan fingerprint density at radius 2 is 1.41 bits per heavy atom. The van der Waals surface area contributed by atoms with Gasteiger partial charge in [-0.1, -0.05) is 71.8 Å². The van der Waals surface area contributed by atoms with Crippen molar-refractivity contribution >= 4 is 0 Å². The standard InChI is InChI=1S/C22H20/c1-15-9-16(2)11-18(10-15)12-17-7-8-20-14-19-5-3-4-6-21(19)22(20)13-17/h3-11,13H,12,14H2,1-2H3. The fourth-order valence-corrected chi connectivity index (χ4v) is 3.69. The second-order valence-electron chi connectivity index (χ2n) is 6.50. The van der Waals surface area contributed by atoms with Crippen LogP contribution in [0, 0.1) is 13.8 Å². The molecule has 4 rings (SSSR count). The lowest BCUT2D eigenvalue weighted by atomic mass is 9.97. The maximum atomic E-state index is 2.39. The first-order valence-electron chi connectivity index (χ1n) is 7.96. The zero-order chi connectivity index (χ0) is 15.1. The van der Waals surface area contributed by atoms with Crippen molar-refractivity contribution in [1.29, 1.82) is 0 Å². The van der Waals surface area contributed by atoms with Gasteiger partial charge in [0.2, 0.25) is 0 Å². The van der Waals surface area contributed by atoms with Crippen LogP contribution >= 0.6 is 0 Å². The van der Waals surface area contributed by atoms with E-state index < -0.39 is 0 Å². The molecule has 0 N–H and O–H groups in total. The summed E-state index contributed by atoms with van der Waals surface area (Å²) in [6.07, 6.45) is 2.09. The first-order chi connectivity index (χ1) is 10.7. The van der Waals surface area contributed by atoms with Crippen molar-refractivity contribution < 1.29 is 0 Å². The lowest BCUT2D eigenvalue weighted by Crippen LogP contribution is -1.92. The van der Waals surface area contributed by atoms with Crippen LogP contribution in [0.5, 0.6) is 0 Å². The summed E-state index contributed by atoms with van der Waals surface area (Å²) in [4.78, 5) is 0. The summed E-state index contributed by atoms with van der Waals surface area (Å²) < 4.78 is 0. The molecule has 1 aliphatic rings. The third-order valence-electron chi connectivity index (χ3n) is 4.55. The van der Waals surface area contributed by atoms with Crippen LogP contribution in [0.1, 0.15) is 33.4 Å². The summed E-state index contributed by atoms with van der Waals surface area (Å²) in [5.41, 5.74) is 11.3. The van der Waals surface area contributed by atoms with Crippen molar-refractivity contribution in [3.63, 3.8) is 0 Å². The quantitative estimate of drug-likeness (QED) is 0.458. The molecule has 1 aliphatic carbocycles. The van der Waals surface area contributed by atoms with E-state index in [1.807, 2.05) is 0 Å². The van der Waals surface area contributed by atoms with Gasteiger partial charge < -0.3 is 0 Å². The van der Waals surface area contributed by atoms with E-state index in [1.54, 1.807) is 0 Å². The van der Waals surface area contributed by atoms with Crippen LogP contribution in [-0.4, -0.2) is 0 Å². The fourth-order valence-electron chi connectivity index (χ4n) is 3.69. The van der Waals surface area contributed by atoms with E-state index >= 15 is 0 Å². The van der Waals surface area contributed by atoms with Crippen LogP contribution in [0.25, 0.3) is 11.1 Å². The molecular weight excluding hydrogens is 264 g/mol. The Morgan fingerprint density at radius 3 is 2.23 bits per heavy atom. The lowest BCUT2D eigenvalue weighted by molar-refractivity contribution is 1.16. The number of hydrogen-bond donors (Lipinski definition) is 0. The van der Waals surface area contributed by atoms with Crippen LogP contribution in [0.15, 0.2) is 60.7 Å². The van der Waals surface area contributed by atoms with E-state index in [2.05, 4.69) is 74.5 Å². The summed E-state index contributed by atoms with van der Waals surface area (Å²) in [6, 6.07) is 22.6. The maximum Gasteiger partial charge on any atom is -0.00135 e. The topological polar surface area (TPSA) is 0 Å². The molecule has 0 aromatic heterocycles. The molecule has 0 saturated heterocycles. The summed E-state index contributed by atoms with van der Waals surface area (Å²) in [5, 5.41) is 0. The van der Waals surface area contributed by atoms with Crippen molar-refractivity contribution in [1.82, 2.24) is 0 Å². The fraction of sp³-hybridized carbons (Fsp3) is 0.182. The highest BCUT2D eigenvalue weighted by Gasteiger charge is 2.17. The van der Waals surface area contributed by atoms with Gasteiger partial charge in [-0.05, 0) is 60.1 Å². The molecule has 0 radical (unpaired) electrons. The van der Waals surface area contributed by atoms with Crippen LogP contribution in [0.4, 0.5) is 0 Å². The zero-order valence-electron chi connectivity index (χ0n) is 13.2. The molecule has 0 heteroatoms. The smallest absolute Gasteiger partial charge is 0.00135 e. The van der Waals surface area contributed by atoms with Gasteiger partial charge >= 0.3 is 0 Å². The molecule has 0 amide bonds. The van der Waals surface area contributed by atoms with E-state index in [9.17, 15) is 0 Å². The van der Waals surface area contributed by atoms with E-state index in [-0.39, 0.29) is 0 Å². The molecule has 3 aromatic rings. The number of benzene rings is 3. The minimum Gasteiger partial charge on any atom is -0.0619 e. The summed E-state index contributed by atoms with van der Waals surface area (Å²) >= 11 is 0. The maximum absolute atomic E-state index is 2.39. The number of fused-ring (bicyclic) bond motifs is 3. The Labute approximate surface area is 132 Å². The highest BCUT2D eigenvalue weighted by atomic mass is 14.2. The first-order valence-corrected chi connectivity index (χ1v) is 7.96. The molecule has 108 valence electrons. The summed E-state index contributed by atoms with van der Waals surface area (Å²) in [5.74, 6) is 0. The number of hydrogen-bond acceptors (Lipinski definition) is 0. The van der Waals surface area contributed by atoms with Crippen LogP contribution in [0.3, 0.4) is 0 Å². The predicted molar refractivity (Wildman–Crippen MR) is 93.4 cm³/mol. The molecule has 0 aliphatic heterocycles. The normalized spacial score (nSPS) is 12.1. The lowest BCUT2D eigenvalue weighted by Gasteiger charge is -2.08. The van der Waals surface area contributed by atoms with E-state index in [0.29, 0.717) is 0 Å². The van der Waals surface area contributed by atoms with Gasteiger partial charge in [-0.3, -0.25) is 0 Å². The third kappa shape index (κ3) is 2.35. The molecule has 0 saturated carbocycles. The van der Waals surface area contributed by atoms with Gasteiger partial charge in [0.05, 0.1) is 0 Å². The second kappa shape index (κ2) is 5.14. The SMILES string of the molecule is Cc1cc(C)cc(Cc2ccc3c(c2)-c2ccccc2C3)c1. The van der Waals surface area contributed by atoms with Gasteiger partial charge in [0.15, 0.2) is 0 Å². The average Bonchev–Trinajstić information content (AvgIpc) is 2.84. The second-order valence-corrected chi connectivity index (χ2v) is 6.50. The Bertz CT molecular complexity index is 835. The van der Waals surface area contributed by atoms with Crippen LogP contribution in [-0.2, 0) is 12.8 Å². The molecule has 0 bridgehead atoms. The molecule has 3 aromatic carbocycles. The minimum absolute atomic E-state index is 1.01. The van der Waals surface area contributed by atoms with Gasteiger partial charge in [0.1, 0.15) is 0 Å². The largest absolute Gasteiger partial charge is 0.0619 e. The Morgan fingerprint density at radius 1 is 0.682 bits per heavy atom. The Balaban J connectivity index is 1.71.